The third-order valence-electron chi connectivity index (χ3n) is 3.66. The Balaban J connectivity index is 1.97. The molecule has 0 aliphatic rings. The van der Waals surface area contributed by atoms with Gasteiger partial charge in [-0.1, -0.05) is 6.07 Å². The van der Waals surface area contributed by atoms with Crippen LogP contribution in [0.3, 0.4) is 0 Å². The molecule has 2 aromatic heterocycles. The number of aromatic nitrogens is 4. The summed E-state index contributed by atoms with van der Waals surface area (Å²) in [5.41, 5.74) is 1.42. The highest BCUT2D eigenvalue weighted by Gasteiger charge is 2.26. The van der Waals surface area contributed by atoms with Crippen molar-refractivity contribution in [3.05, 3.63) is 53.7 Å². The van der Waals surface area contributed by atoms with Gasteiger partial charge in [0.25, 0.3) is 15.9 Å². The summed E-state index contributed by atoms with van der Waals surface area (Å²) >= 11 is 0. The molecule has 1 aromatic carbocycles. The molecule has 0 atom stereocenters. The van der Waals surface area contributed by atoms with Crippen LogP contribution in [0.15, 0.2) is 41.7 Å². The van der Waals surface area contributed by atoms with Gasteiger partial charge in [0, 0.05) is 32.1 Å². The van der Waals surface area contributed by atoms with E-state index in [9.17, 15) is 17.6 Å². The monoisotopic (exact) mass is 377 g/mol. The van der Waals surface area contributed by atoms with Crippen molar-refractivity contribution in [1.29, 1.82) is 0 Å². The van der Waals surface area contributed by atoms with Crippen molar-refractivity contribution in [3.63, 3.8) is 0 Å². The largest absolute Gasteiger partial charge is 0.275 e. The lowest BCUT2D eigenvalue weighted by Gasteiger charge is -2.08. The van der Waals surface area contributed by atoms with Crippen LogP contribution in [0, 0.1) is 12.7 Å². The zero-order chi connectivity index (χ0) is 19.1. The van der Waals surface area contributed by atoms with E-state index >= 15 is 0 Å². The molecule has 0 radical (unpaired) electrons. The molecule has 0 aliphatic carbocycles. The summed E-state index contributed by atoms with van der Waals surface area (Å²) < 4.78 is 43.6. The van der Waals surface area contributed by atoms with Crippen LogP contribution in [0.2, 0.25) is 0 Å². The first-order chi connectivity index (χ1) is 12.2. The van der Waals surface area contributed by atoms with Gasteiger partial charge >= 0.3 is 0 Å². The maximum Gasteiger partial charge on any atom is 0.268 e. The molecule has 0 spiro atoms. The van der Waals surface area contributed by atoms with E-state index in [1.807, 2.05) is 4.72 Å². The molecule has 1 N–H and O–H groups in total. The fourth-order valence-corrected chi connectivity index (χ4v) is 3.59. The van der Waals surface area contributed by atoms with Crippen molar-refractivity contribution in [2.75, 3.05) is 0 Å². The third kappa shape index (κ3) is 3.36. The first-order valence-corrected chi connectivity index (χ1v) is 9.01. The van der Waals surface area contributed by atoms with Crippen molar-refractivity contribution in [3.8, 4) is 11.3 Å². The van der Waals surface area contributed by atoms with Gasteiger partial charge in [0.05, 0.1) is 11.8 Å². The van der Waals surface area contributed by atoms with Gasteiger partial charge in [-0.3, -0.25) is 14.2 Å². The Kier molecular flexibility index (Phi) is 4.36. The van der Waals surface area contributed by atoms with Crippen LogP contribution in [0.4, 0.5) is 4.39 Å². The summed E-state index contributed by atoms with van der Waals surface area (Å²) in [6.07, 6.45) is 4.54. The minimum atomic E-state index is -4.38. The molecule has 8 nitrogen and oxygen atoms in total. The number of hydrogen-bond acceptors (Lipinski definition) is 5. The fraction of sp³-hybridized carbons (Fsp3) is 0.188. The Morgan fingerprint density at radius 1 is 1.19 bits per heavy atom. The lowest BCUT2D eigenvalue weighted by molar-refractivity contribution is 0.0982. The van der Waals surface area contributed by atoms with Crippen LogP contribution in [-0.4, -0.2) is 33.9 Å². The van der Waals surface area contributed by atoms with Gasteiger partial charge in [0.15, 0.2) is 0 Å². The minimum absolute atomic E-state index is 0.0390. The number of rotatable bonds is 4. The zero-order valence-corrected chi connectivity index (χ0v) is 15.1. The molecule has 2 heterocycles. The van der Waals surface area contributed by atoms with E-state index in [0.29, 0.717) is 11.1 Å². The summed E-state index contributed by atoms with van der Waals surface area (Å²) in [5, 5.41) is 8.20. The SMILES string of the molecule is Cc1ccc(F)c(S(=O)(=O)NC(=O)c2cn(C)nc2-c2cnn(C)c2)c1. The highest BCUT2D eigenvalue weighted by Crippen LogP contribution is 2.22. The maximum atomic E-state index is 13.9. The van der Waals surface area contributed by atoms with Gasteiger partial charge in [-0.25, -0.2) is 17.5 Å². The molecule has 26 heavy (non-hydrogen) atoms. The predicted molar refractivity (Wildman–Crippen MR) is 91.2 cm³/mol. The lowest BCUT2D eigenvalue weighted by atomic mass is 10.1. The molecule has 0 aliphatic heterocycles. The number of nitrogens with one attached hydrogen (secondary N) is 1. The second-order valence-electron chi connectivity index (χ2n) is 5.84. The number of sulfonamides is 1. The summed E-state index contributed by atoms with van der Waals surface area (Å²) in [7, 11) is -1.07. The van der Waals surface area contributed by atoms with Crippen LogP contribution in [0.25, 0.3) is 11.3 Å². The van der Waals surface area contributed by atoms with E-state index in [1.165, 1.54) is 27.8 Å². The Morgan fingerprint density at radius 3 is 2.58 bits per heavy atom. The van der Waals surface area contributed by atoms with E-state index in [4.69, 9.17) is 0 Å². The normalized spacial score (nSPS) is 11.5. The number of benzene rings is 1. The van der Waals surface area contributed by atoms with E-state index in [1.54, 1.807) is 27.2 Å². The molecular weight excluding hydrogens is 361 g/mol. The highest BCUT2D eigenvalue weighted by atomic mass is 32.2. The van der Waals surface area contributed by atoms with Gasteiger partial charge in [-0.2, -0.15) is 10.2 Å². The second-order valence-corrected chi connectivity index (χ2v) is 7.49. The topological polar surface area (TPSA) is 98.9 Å². The molecular formula is C16H16FN5O3S. The van der Waals surface area contributed by atoms with Gasteiger partial charge < -0.3 is 0 Å². The van der Waals surface area contributed by atoms with Crippen LogP contribution in [0.1, 0.15) is 15.9 Å². The Morgan fingerprint density at radius 2 is 1.92 bits per heavy atom. The molecule has 10 heteroatoms. The van der Waals surface area contributed by atoms with Crippen molar-refractivity contribution >= 4 is 15.9 Å². The molecule has 136 valence electrons. The van der Waals surface area contributed by atoms with Gasteiger partial charge in [-0.15, -0.1) is 0 Å². The van der Waals surface area contributed by atoms with Crippen LogP contribution in [0.5, 0.6) is 0 Å². The fourth-order valence-electron chi connectivity index (χ4n) is 2.46. The number of amides is 1. The predicted octanol–water partition coefficient (Wildman–Crippen LogP) is 1.39. The second kappa shape index (κ2) is 6.37. The maximum absolute atomic E-state index is 13.9. The smallest absolute Gasteiger partial charge is 0.268 e. The van der Waals surface area contributed by atoms with E-state index < -0.39 is 26.6 Å². The summed E-state index contributed by atoms with van der Waals surface area (Å²) in [4.78, 5) is 12.0. The van der Waals surface area contributed by atoms with Crippen LogP contribution in [-0.2, 0) is 24.1 Å². The van der Waals surface area contributed by atoms with Gasteiger partial charge in [-0.05, 0) is 24.6 Å². The Labute approximate surface area is 149 Å². The molecule has 0 fully saturated rings. The highest BCUT2D eigenvalue weighted by molar-refractivity contribution is 7.90. The standard InChI is InChI=1S/C16H16FN5O3S/c1-10-4-5-13(17)14(6-10)26(24,25)20-16(23)12-9-22(3)19-15(12)11-7-18-21(2)8-11/h4-9H,1-3H3,(H,20,23). The third-order valence-corrected chi connectivity index (χ3v) is 5.00. The molecule has 3 aromatic rings. The van der Waals surface area contributed by atoms with E-state index in [2.05, 4.69) is 10.2 Å². The van der Waals surface area contributed by atoms with Gasteiger partial charge in [0.2, 0.25) is 0 Å². The van der Waals surface area contributed by atoms with E-state index in [0.717, 1.165) is 12.1 Å². The molecule has 1 amide bonds. The minimum Gasteiger partial charge on any atom is -0.275 e. The average molecular weight is 377 g/mol. The van der Waals surface area contributed by atoms with Crippen molar-refractivity contribution in [2.24, 2.45) is 14.1 Å². The zero-order valence-electron chi connectivity index (χ0n) is 14.3. The Hall–Kier alpha value is -3.01. The van der Waals surface area contributed by atoms with Crippen LogP contribution >= 0.6 is 0 Å². The average Bonchev–Trinajstić information content (AvgIpc) is 3.15. The molecule has 3 rings (SSSR count). The molecule has 0 saturated carbocycles. The number of carbonyl (C=O) groups is 1. The number of halogens is 1. The van der Waals surface area contributed by atoms with Crippen molar-refractivity contribution in [1.82, 2.24) is 24.3 Å². The molecule has 0 unspecified atom stereocenters. The number of hydrogen-bond donors (Lipinski definition) is 1. The first kappa shape index (κ1) is 17.8. The number of nitrogens with zero attached hydrogens (tertiary/aromatic N) is 4. The molecule has 0 bridgehead atoms. The Bertz CT molecular complexity index is 1100. The number of carbonyl (C=O) groups excluding carboxylic acids is 1. The molecule has 0 saturated heterocycles. The quantitative estimate of drug-likeness (QED) is 0.741. The first-order valence-electron chi connectivity index (χ1n) is 7.53. The van der Waals surface area contributed by atoms with Crippen molar-refractivity contribution < 1.29 is 17.6 Å². The summed E-state index contributed by atoms with van der Waals surface area (Å²) in [5.74, 6) is -1.84. The number of aryl methyl sites for hydroxylation is 3. The lowest BCUT2D eigenvalue weighted by Crippen LogP contribution is -2.31. The summed E-state index contributed by atoms with van der Waals surface area (Å²) in [6.45, 7) is 1.63. The van der Waals surface area contributed by atoms with Crippen molar-refractivity contribution in [2.45, 2.75) is 11.8 Å². The van der Waals surface area contributed by atoms with Gasteiger partial charge in [0.1, 0.15) is 16.4 Å². The summed E-state index contributed by atoms with van der Waals surface area (Å²) in [6, 6.07) is 3.65. The van der Waals surface area contributed by atoms with Crippen LogP contribution < -0.4 is 4.72 Å². The van der Waals surface area contributed by atoms with E-state index in [-0.39, 0.29) is 11.3 Å².